The molecule has 0 radical (unpaired) electrons. The van der Waals surface area contributed by atoms with Gasteiger partial charge in [-0.25, -0.2) is 4.68 Å². The highest BCUT2D eigenvalue weighted by Gasteiger charge is 2.12. The van der Waals surface area contributed by atoms with Gasteiger partial charge in [0.15, 0.2) is 5.69 Å². The van der Waals surface area contributed by atoms with Crippen LogP contribution in [0.15, 0.2) is 54.6 Å². The first kappa shape index (κ1) is 16.0. The molecule has 0 spiro atoms. The van der Waals surface area contributed by atoms with Gasteiger partial charge in [-0.2, -0.15) is 10.4 Å². The van der Waals surface area contributed by atoms with Crippen LogP contribution in [0.5, 0.6) is 0 Å². The van der Waals surface area contributed by atoms with Crippen molar-refractivity contribution < 1.29 is 0 Å². The Balaban J connectivity index is 2.06. The molecule has 0 N–H and O–H groups in total. The number of benzene rings is 2. The van der Waals surface area contributed by atoms with E-state index in [2.05, 4.69) is 68.3 Å². The zero-order valence-electron chi connectivity index (χ0n) is 14.3. The van der Waals surface area contributed by atoms with Crippen LogP contribution in [-0.4, -0.2) is 9.78 Å². The van der Waals surface area contributed by atoms with Gasteiger partial charge in [0.1, 0.15) is 6.07 Å². The molecule has 0 saturated carbocycles. The highest BCUT2D eigenvalue weighted by molar-refractivity contribution is 5.64. The Bertz CT molecular complexity index is 865. The van der Waals surface area contributed by atoms with Gasteiger partial charge in [-0.3, -0.25) is 0 Å². The summed E-state index contributed by atoms with van der Waals surface area (Å²) in [5, 5.41) is 13.7. The van der Waals surface area contributed by atoms with E-state index in [9.17, 15) is 5.26 Å². The Hall–Kier alpha value is -2.86. The standard InChI is InChI=1S/C21H21N3/c1-4-16(3)17-7-9-18(10-8-17)21-13-19(14-22)23-24(21)20-11-5-15(2)6-12-20/h5-13,16H,4H2,1-3H3. The summed E-state index contributed by atoms with van der Waals surface area (Å²) in [5.74, 6) is 0.552. The average molecular weight is 315 g/mol. The zero-order chi connectivity index (χ0) is 17.1. The van der Waals surface area contributed by atoms with Gasteiger partial charge >= 0.3 is 0 Å². The minimum absolute atomic E-state index is 0.427. The summed E-state index contributed by atoms with van der Waals surface area (Å²) in [6, 6.07) is 20.7. The quantitative estimate of drug-likeness (QED) is 0.661. The Morgan fingerprint density at radius 2 is 1.75 bits per heavy atom. The van der Waals surface area contributed by atoms with Crippen molar-refractivity contribution in [1.82, 2.24) is 9.78 Å². The van der Waals surface area contributed by atoms with Gasteiger partial charge in [-0.1, -0.05) is 55.8 Å². The molecule has 1 aromatic heterocycles. The molecule has 1 atom stereocenters. The number of aryl methyl sites for hydroxylation is 1. The van der Waals surface area contributed by atoms with Crippen LogP contribution in [0.1, 0.15) is 43.0 Å². The van der Waals surface area contributed by atoms with Crippen LogP contribution in [0.25, 0.3) is 16.9 Å². The Morgan fingerprint density at radius 1 is 1.08 bits per heavy atom. The van der Waals surface area contributed by atoms with Gasteiger partial charge in [0, 0.05) is 11.6 Å². The molecular formula is C21H21N3. The normalized spacial score (nSPS) is 11.9. The van der Waals surface area contributed by atoms with Crippen molar-refractivity contribution >= 4 is 0 Å². The number of nitrogens with zero attached hydrogens (tertiary/aromatic N) is 3. The van der Waals surface area contributed by atoms with E-state index in [1.165, 1.54) is 11.1 Å². The lowest BCUT2D eigenvalue weighted by Gasteiger charge is -2.11. The van der Waals surface area contributed by atoms with E-state index in [-0.39, 0.29) is 0 Å². The summed E-state index contributed by atoms with van der Waals surface area (Å²) in [5.41, 5.74) is 5.93. The van der Waals surface area contributed by atoms with E-state index in [4.69, 9.17) is 0 Å². The average Bonchev–Trinajstić information content (AvgIpc) is 3.06. The molecule has 0 amide bonds. The number of rotatable bonds is 4. The summed E-state index contributed by atoms with van der Waals surface area (Å²) in [7, 11) is 0. The van der Waals surface area contributed by atoms with Crippen molar-refractivity contribution in [3.05, 3.63) is 71.4 Å². The molecule has 3 rings (SSSR count). The molecular weight excluding hydrogens is 294 g/mol. The number of aromatic nitrogens is 2. The van der Waals surface area contributed by atoms with Gasteiger partial charge < -0.3 is 0 Å². The summed E-state index contributed by atoms with van der Waals surface area (Å²) < 4.78 is 1.84. The van der Waals surface area contributed by atoms with Gasteiger partial charge in [0.2, 0.25) is 0 Å². The minimum Gasteiger partial charge on any atom is -0.232 e. The van der Waals surface area contributed by atoms with Crippen molar-refractivity contribution in [3.63, 3.8) is 0 Å². The minimum atomic E-state index is 0.427. The third-order valence-corrected chi connectivity index (χ3v) is 4.49. The Kier molecular flexibility index (Phi) is 4.48. The van der Waals surface area contributed by atoms with Gasteiger partial charge in [-0.05, 0) is 37.0 Å². The lowest BCUT2D eigenvalue weighted by Crippen LogP contribution is -1.99. The first-order valence-electron chi connectivity index (χ1n) is 8.30. The van der Waals surface area contributed by atoms with Crippen molar-refractivity contribution in [2.24, 2.45) is 0 Å². The molecule has 1 unspecified atom stereocenters. The summed E-state index contributed by atoms with van der Waals surface area (Å²) in [6.07, 6.45) is 1.12. The Labute approximate surface area is 143 Å². The molecule has 0 aliphatic heterocycles. The summed E-state index contributed by atoms with van der Waals surface area (Å²) in [6.45, 7) is 6.49. The first-order valence-corrected chi connectivity index (χ1v) is 8.30. The molecule has 0 saturated heterocycles. The van der Waals surface area contributed by atoms with E-state index in [1.54, 1.807) is 0 Å². The highest BCUT2D eigenvalue weighted by atomic mass is 15.3. The molecule has 0 aliphatic rings. The van der Waals surface area contributed by atoms with Crippen molar-refractivity contribution in [1.29, 1.82) is 5.26 Å². The number of hydrogen-bond acceptors (Lipinski definition) is 2. The number of nitriles is 1. The van der Waals surface area contributed by atoms with Gasteiger partial charge in [0.25, 0.3) is 0 Å². The molecule has 3 aromatic rings. The summed E-state index contributed by atoms with van der Waals surface area (Å²) in [4.78, 5) is 0. The van der Waals surface area contributed by atoms with E-state index in [0.29, 0.717) is 11.6 Å². The highest BCUT2D eigenvalue weighted by Crippen LogP contribution is 2.27. The fraction of sp³-hybridized carbons (Fsp3) is 0.238. The SMILES string of the molecule is CCC(C)c1ccc(-c2cc(C#N)nn2-c2ccc(C)cc2)cc1. The fourth-order valence-corrected chi connectivity index (χ4v) is 2.74. The smallest absolute Gasteiger partial charge is 0.163 e. The third kappa shape index (κ3) is 3.09. The van der Waals surface area contributed by atoms with Crippen LogP contribution in [0, 0.1) is 18.3 Å². The van der Waals surface area contributed by atoms with Crippen molar-refractivity contribution in [2.75, 3.05) is 0 Å². The second kappa shape index (κ2) is 6.72. The Morgan fingerprint density at radius 3 is 2.33 bits per heavy atom. The monoisotopic (exact) mass is 315 g/mol. The molecule has 2 aromatic carbocycles. The van der Waals surface area contributed by atoms with E-state index < -0.39 is 0 Å². The summed E-state index contributed by atoms with van der Waals surface area (Å²) >= 11 is 0. The lowest BCUT2D eigenvalue weighted by molar-refractivity contribution is 0.733. The van der Waals surface area contributed by atoms with Crippen LogP contribution < -0.4 is 0 Å². The third-order valence-electron chi connectivity index (χ3n) is 4.49. The predicted octanol–water partition coefficient (Wildman–Crippen LogP) is 5.23. The maximum Gasteiger partial charge on any atom is 0.163 e. The maximum atomic E-state index is 9.24. The van der Waals surface area contributed by atoms with Crippen molar-refractivity contribution in [2.45, 2.75) is 33.1 Å². The first-order chi connectivity index (χ1) is 11.6. The fourth-order valence-electron chi connectivity index (χ4n) is 2.74. The zero-order valence-corrected chi connectivity index (χ0v) is 14.3. The van der Waals surface area contributed by atoms with Gasteiger partial charge in [0.05, 0.1) is 11.4 Å². The van der Waals surface area contributed by atoms with Crippen LogP contribution in [0.3, 0.4) is 0 Å². The van der Waals surface area contributed by atoms with Crippen LogP contribution in [0.2, 0.25) is 0 Å². The predicted molar refractivity (Wildman–Crippen MR) is 97.2 cm³/mol. The molecule has 3 heteroatoms. The van der Waals surface area contributed by atoms with Crippen molar-refractivity contribution in [3.8, 4) is 23.0 Å². The van der Waals surface area contributed by atoms with Crippen LogP contribution in [-0.2, 0) is 0 Å². The molecule has 24 heavy (non-hydrogen) atoms. The second-order valence-corrected chi connectivity index (χ2v) is 6.21. The van der Waals surface area contributed by atoms with Crippen LogP contribution in [0.4, 0.5) is 0 Å². The molecule has 0 aliphatic carbocycles. The second-order valence-electron chi connectivity index (χ2n) is 6.21. The topological polar surface area (TPSA) is 41.6 Å². The largest absolute Gasteiger partial charge is 0.232 e. The molecule has 0 bridgehead atoms. The van der Waals surface area contributed by atoms with E-state index in [1.807, 2.05) is 22.9 Å². The maximum absolute atomic E-state index is 9.24. The van der Waals surface area contributed by atoms with E-state index in [0.717, 1.165) is 23.4 Å². The molecule has 3 nitrogen and oxygen atoms in total. The number of hydrogen-bond donors (Lipinski definition) is 0. The van der Waals surface area contributed by atoms with Crippen LogP contribution >= 0.6 is 0 Å². The molecule has 1 heterocycles. The lowest BCUT2D eigenvalue weighted by atomic mass is 9.97. The molecule has 0 fully saturated rings. The van der Waals surface area contributed by atoms with Gasteiger partial charge in [-0.15, -0.1) is 0 Å². The van der Waals surface area contributed by atoms with E-state index >= 15 is 0 Å². The molecule has 120 valence electrons.